The minimum Gasteiger partial charge on any atom is -0.462 e. The molecule has 0 rings (SSSR count). The molecule has 61 heavy (non-hydrogen) atoms. The number of carbonyl (C=O) groups is 3. The van der Waals surface area contributed by atoms with E-state index in [1.54, 1.807) is 0 Å². The second-order valence-electron chi connectivity index (χ2n) is 16.8. The van der Waals surface area contributed by atoms with Crippen LogP contribution in [-0.4, -0.2) is 37.2 Å². The van der Waals surface area contributed by atoms with Crippen molar-refractivity contribution in [3.8, 4) is 0 Å². The van der Waals surface area contributed by atoms with Crippen LogP contribution < -0.4 is 0 Å². The predicted octanol–water partition coefficient (Wildman–Crippen LogP) is 16.6. The van der Waals surface area contributed by atoms with Gasteiger partial charge >= 0.3 is 17.9 Å². The Morgan fingerprint density at radius 3 is 1.07 bits per heavy atom. The number of hydrogen-bond donors (Lipinski definition) is 0. The van der Waals surface area contributed by atoms with Gasteiger partial charge in [0, 0.05) is 19.3 Å². The molecule has 0 saturated carbocycles. The summed E-state index contributed by atoms with van der Waals surface area (Å²) >= 11 is 0. The molecule has 6 nitrogen and oxygen atoms in total. The van der Waals surface area contributed by atoms with Crippen molar-refractivity contribution in [2.24, 2.45) is 0 Å². The molecular formula is C55H94O6. The number of unbranched alkanes of at least 4 members (excludes halogenated alkanes) is 26. The Kier molecular flexibility index (Phi) is 46.9. The lowest BCUT2D eigenvalue weighted by atomic mass is 10.0. The maximum Gasteiger partial charge on any atom is 0.306 e. The Balaban J connectivity index is 4.44. The van der Waals surface area contributed by atoms with Gasteiger partial charge in [0.2, 0.25) is 0 Å². The van der Waals surface area contributed by atoms with Gasteiger partial charge in [0.25, 0.3) is 0 Å². The highest BCUT2D eigenvalue weighted by molar-refractivity contribution is 5.71. The molecule has 0 amide bonds. The van der Waals surface area contributed by atoms with Crippen molar-refractivity contribution in [2.45, 2.75) is 245 Å². The van der Waals surface area contributed by atoms with E-state index in [0.717, 1.165) is 77.0 Å². The van der Waals surface area contributed by atoms with Gasteiger partial charge in [-0.15, -0.1) is 0 Å². The molecular weight excluding hydrogens is 757 g/mol. The van der Waals surface area contributed by atoms with Crippen LogP contribution in [0.1, 0.15) is 239 Å². The van der Waals surface area contributed by atoms with Crippen molar-refractivity contribution in [1.29, 1.82) is 0 Å². The van der Waals surface area contributed by atoms with Gasteiger partial charge in [-0.25, -0.2) is 0 Å². The topological polar surface area (TPSA) is 78.9 Å². The zero-order chi connectivity index (χ0) is 44.4. The number of rotatable bonds is 45. The summed E-state index contributed by atoms with van der Waals surface area (Å²) in [5.74, 6) is -0.941. The first-order chi connectivity index (χ1) is 30.0. The summed E-state index contributed by atoms with van der Waals surface area (Å²) in [6.07, 6.45) is 61.7. The highest BCUT2D eigenvalue weighted by Crippen LogP contribution is 2.15. The van der Waals surface area contributed by atoms with Gasteiger partial charge in [0.15, 0.2) is 6.10 Å². The van der Waals surface area contributed by atoms with Crippen LogP contribution in [-0.2, 0) is 28.6 Å². The Bertz CT molecular complexity index is 1160. The third-order valence-corrected chi connectivity index (χ3v) is 10.8. The lowest BCUT2D eigenvalue weighted by Crippen LogP contribution is -2.30. The molecule has 0 radical (unpaired) electrons. The minimum absolute atomic E-state index is 0.0931. The zero-order valence-electron chi connectivity index (χ0n) is 39.9. The van der Waals surface area contributed by atoms with Crippen molar-refractivity contribution < 1.29 is 28.6 Å². The van der Waals surface area contributed by atoms with Crippen LogP contribution in [0.5, 0.6) is 0 Å². The van der Waals surface area contributed by atoms with E-state index < -0.39 is 6.10 Å². The number of ether oxygens (including phenoxy) is 3. The molecule has 0 heterocycles. The fraction of sp³-hybridized carbons (Fsp3) is 0.727. The first-order valence-electron chi connectivity index (χ1n) is 25.5. The molecule has 0 N–H and O–H groups in total. The first kappa shape index (κ1) is 57.9. The number of carbonyl (C=O) groups excluding carboxylic acids is 3. The van der Waals surface area contributed by atoms with Crippen molar-refractivity contribution >= 4 is 17.9 Å². The summed E-state index contributed by atoms with van der Waals surface area (Å²) in [5.41, 5.74) is 0. The molecule has 1 atom stereocenters. The van der Waals surface area contributed by atoms with Gasteiger partial charge in [-0.3, -0.25) is 14.4 Å². The molecule has 1 unspecified atom stereocenters. The molecule has 0 spiro atoms. The molecule has 0 aliphatic rings. The van der Waals surface area contributed by atoms with Crippen molar-refractivity contribution in [3.05, 3.63) is 72.9 Å². The zero-order valence-corrected chi connectivity index (χ0v) is 39.9. The molecule has 350 valence electrons. The lowest BCUT2D eigenvalue weighted by Gasteiger charge is -2.18. The molecule has 6 heteroatoms. The quantitative estimate of drug-likeness (QED) is 0.0263. The number of esters is 3. The monoisotopic (exact) mass is 851 g/mol. The lowest BCUT2D eigenvalue weighted by molar-refractivity contribution is -0.167. The van der Waals surface area contributed by atoms with E-state index >= 15 is 0 Å². The van der Waals surface area contributed by atoms with Crippen molar-refractivity contribution in [2.75, 3.05) is 13.2 Å². The van der Waals surface area contributed by atoms with E-state index in [1.165, 1.54) is 122 Å². The Labute approximate surface area is 376 Å². The van der Waals surface area contributed by atoms with Gasteiger partial charge in [-0.2, -0.15) is 0 Å². The van der Waals surface area contributed by atoms with E-state index in [0.29, 0.717) is 19.3 Å². The van der Waals surface area contributed by atoms with Gasteiger partial charge in [-0.05, 0) is 64.2 Å². The van der Waals surface area contributed by atoms with E-state index in [-0.39, 0.29) is 31.1 Å². The first-order valence-corrected chi connectivity index (χ1v) is 25.5. The molecule has 0 aliphatic heterocycles. The van der Waals surface area contributed by atoms with Crippen LogP contribution >= 0.6 is 0 Å². The SMILES string of the molecule is CC\C=C/C=C\C=C/C=C\CCCCCC(=O)OCC(COC(=O)CCCCCCCC/C=C\C=C/CCCCC)OC(=O)CCCCCCCCCCCCCCCCC. The maximum atomic E-state index is 12.8. The van der Waals surface area contributed by atoms with E-state index in [9.17, 15) is 14.4 Å². The summed E-state index contributed by atoms with van der Waals surface area (Å²) < 4.78 is 16.7. The summed E-state index contributed by atoms with van der Waals surface area (Å²) in [4.78, 5) is 37.9. The second kappa shape index (κ2) is 49.5. The molecule has 0 aromatic rings. The van der Waals surface area contributed by atoms with Gasteiger partial charge < -0.3 is 14.2 Å². The standard InChI is InChI=1S/C55H94O6/c1-4-7-10-13-16-19-22-25-27-30-33-36-39-42-45-48-54(57)60-51-52(50-59-53(56)47-44-41-38-35-32-29-24-21-18-15-12-9-6-3)61-55(58)49-46-43-40-37-34-31-28-26-23-20-17-14-11-8-5-2/h9,12,15-16,18-19,21-22,24-25,29,32,52H,4-8,10-11,13-14,17,20,23,26-28,30-31,33-51H2,1-3H3/b12-9-,18-15-,19-16-,24-21-,25-22-,32-29-. The van der Waals surface area contributed by atoms with E-state index in [2.05, 4.69) is 57.2 Å². The molecule has 0 aromatic heterocycles. The average Bonchev–Trinajstić information content (AvgIpc) is 3.26. The van der Waals surface area contributed by atoms with Crippen LogP contribution in [0.2, 0.25) is 0 Å². The smallest absolute Gasteiger partial charge is 0.306 e. The van der Waals surface area contributed by atoms with Crippen LogP contribution in [0.25, 0.3) is 0 Å². The molecule has 0 bridgehead atoms. The van der Waals surface area contributed by atoms with Gasteiger partial charge in [0.05, 0.1) is 0 Å². The summed E-state index contributed by atoms with van der Waals surface area (Å²) in [6, 6.07) is 0. The van der Waals surface area contributed by atoms with Gasteiger partial charge in [0.1, 0.15) is 13.2 Å². The molecule has 0 saturated heterocycles. The van der Waals surface area contributed by atoms with Crippen LogP contribution in [0, 0.1) is 0 Å². The predicted molar refractivity (Wildman–Crippen MR) is 261 cm³/mol. The highest BCUT2D eigenvalue weighted by Gasteiger charge is 2.19. The van der Waals surface area contributed by atoms with Gasteiger partial charge in [-0.1, -0.05) is 229 Å². The largest absolute Gasteiger partial charge is 0.462 e. The number of allylic oxidation sites excluding steroid dienone is 12. The highest BCUT2D eigenvalue weighted by atomic mass is 16.6. The molecule has 0 aromatic carbocycles. The summed E-state index contributed by atoms with van der Waals surface area (Å²) in [5, 5.41) is 0. The maximum absolute atomic E-state index is 12.8. The molecule has 0 aliphatic carbocycles. The Morgan fingerprint density at radius 1 is 0.344 bits per heavy atom. The summed E-state index contributed by atoms with van der Waals surface area (Å²) in [7, 11) is 0. The van der Waals surface area contributed by atoms with Crippen LogP contribution in [0.3, 0.4) is 0 Å². The Hall–Kier alpha value is -3.15. The second-order valence-corrected chi connectivity index (χ2v) is 16.8. The van der Waals surface area contributed by atoms with Crippen molar-refractivity contribution in [1.82, 2.24) is 0 Å². The normalized spacial score (nSPS) is 12.6. The third-order valence-electron chi connectivity index (χ3n) is 10.8. The third kappa shape index (κ3) is 47.7. The van der Waals surface area contributed by atoms with Crippen LogP contribution in [0.4, 0.5) is 0 Å². The molecule has 0 fully saturated rings. The summed E-state index contributed by atoms with van der Waals surface area (Å²) in [6.45, 7) is 6.43. The average molecular weight is 851 g/mol. The van der Waals surface area contributed by atoms with Crippen LogP contribution in [0.15, 0.2) is 72.9 Å². The van der Waals surface area contributed by atoms with Crippen molar-refractivity contribution in [3.63, 3.8) is 0 Å². The number of hydrogen-bond acceptors (Lipinski definition) is 6. The fourth-order valence-corrected chi connectivity index (χ4v) is 6.97. The van der Waals surface area contributed by atoms with E-state index in [1.807, 2.05) is 36.5 Å². The van der Waals surface area contributed by atoms with E-state index in [4.69, 9.17) is 14.2 Å². The Morgan fingerprint density at radius 2 is 0.639 bits per heavy atom. The minimum atomic E-state index is -0.793. The fourth-order valence-electron chi connectivity index (χ4n) is 6.97.